The van der Waals surface area contributed by atoms with Crippen molar-refractivity contribution in [3.8, 4) is 11.5 Å². The second kappa shape index (κ2) is 10.5. The summed E-state index contributed by atoms with van der Waals surface area (Å²) >= 11 is 0. The van der Waals surface area contributed by atoms with Gasteiger partial charge in [0, 0.05) is 6.54 Å². The van der Waals surface area contributed by atoms with Gasteiger partial charge in [-0.1, -0.05) is 55.0 Å². The number of ether oxygens (including phenoxy) is 1. The highest BCUT2D eigenvalue weighted by molar-refractivity contribution is 5.77. The molecule has 1 aliphatic rings. The van der Waals surface area contributed by atoms with Gasteiger partial charge in [0.1, 0.15) is 0 Å². The third-order valence-electron chi connectivity index (χ3n) is 4.83. The van der Waals surface area contributed by atoms with Crippen LogP contribution in [0.5, 0.6) is 11.5 Å². The van der Waals surface area contributed by atoms with Crippen LogP contribution < -0.4 is 15.8 Å². The van der Waals surface area contributed by atoms with Crippen LogP contribution in [0.4, 0.5) is 0 Å². The van der Waals surface area contributed by atoms with Crippen LogP contribution in [-0.4, -0.2) is 30.7 Å². The van der Waals surface area contributed by atoms with Gasteiger partial charge < -0.3 is 20.9 Å². The third kappa shape index (κ3) is 6.22. The van der Waals surface area contributed by atoms with Gasteiger partial charge in [-0.05, 0) is 60.2 Å². The van der Waals surface area contributed by atoms with Gasteiger partial charge in [-0.3, -0.25) is 4.79 Å². The highest BCUT2D eigenvalue weighted by Gasteiger charge is 2.10. The zero-order valence-electron chi connectivity index (χ0n) is 16.6. The van der Waals surface area contributed by atoms with Gasteiger partial charge in [0.15, 0.2) is 18.1 Å². The van der Waals surface area contributed by atoms with Crippen molar-refractivity contribution in [1.29, 1.82) is 0 Å². The number of hydrogen-bond donors (Lipinski definition) is 3. The Balaban J connectivity index is 1.51. The van der Waals surface area contributed by atoms with E-state index < -0.39 is 0 Å². The molecule has 5 heteroatoms. The molecule has 0 radical (unpaired) electrons. The zero-order chi connectivity index (χ0) is 20.5. The van der Waals surface area contributed by atoms with Gasteiger partial charge in [-0.2, -0.15) is 0 Å². The van der Waals surface area contributed by atoms with Crippen LogP contribution in [0.2, 0.25) is 0 Å². The lowest BCUT2D eigenvalue weighted by Crippen LogP contribution is -2.29. The fraction of sp³-hybridized carbons (Fsp3) is 0.292. The molecule has 0 heterocycles. The van der Waals surface area contributed by atoms with Crippen LogP contribution in [0.3, 0.4) is 0 Å². The van der Waals surface area contributed by atoms with Crippen LogP contribution in [0, 0.1) is 0 Å². The number of carbonyl (C=O) groups is 1. The molecule has 2 aromatic carbocycles. The van der Waals surface area contributed by atoms with Crippen molar-refractivity contribution in [2.75, 3.05) is 19.7 Å². The molecule has 2 aromatic rings. The monoisotopic (exact) mass is 392 g/mol. The second-order valence-electron chi connectivity index (χ2n) is 7.14. The van der Waals surface area contributed by atoms with Gasteiger partial charge in [0.05, 0.1) is 0 Å². The summed E-state index contributed by atoms with van der Waals surface area (Å²) in [5.41, 5.74) is 10.2. The first-order valence-electron chi connectivity index (χ1n) is 10.0. The maximum Gasteiger partial charge on any atom is 0.257 e. The van der Waals surface area contributed by atoms with Crippen molar-refractivity contribution < 1.29 is 14.6 Å². The Morgan fingerprint density at radius 1 is 1.14 bits per heavy atom. The average molecular weight is 392 g/mol. The average Bonchev–Trinajstić information content (AvgIpc) is 3.15. The number of nitrogens with two attached hydrogens (primary N) is 1. The minimum Gasteiger partial charge on any atom is -0.504 e. The van der Waals surface area contributed by atoms with Crippen molar-refractivity contribution in [3.05, 3.63) is 70.8 Å². The van der Waals surface area contributed by atoms with Crippen molar-refractivity contribution >= 4 is 18.1 Å². The van der Waals surface area contributed by atoms with E-state index in [2.05, 4.69) is 35.7 Å². The van der Waals surface area contributed by atoms with Crippen LogP contribution >= 0.6 is 0 Å². The van der Waals surface area contributed by atoms with Crippen LogP contribution in [-0.2, 0) is 11.2 Å². The predicted molar refractivity (Wildman–Crippen MR) is 117 cm³/mol. The van der Waals surface area contributed by atoms with Crippen molar-refractivity contribution in [2.45, 2.75) is 25.7 Å². The molecule has 0 saturated carbocycles. The Labute approximate surface area is 171 Å². The van der Waals surface area contributed by atoms with Gasteiger partial charge in [0.2, 0.25) is 0 Å². The van der Waals surface area contributed by atoms with Gasteiger partial charge in [-0.15, -0.1) is 0 Å². The fourth-order valence-electron chi connectivity index (χ4n) is 3.24. The summed E-state index contributed by atoms with van der Waals surface area (Å²) in [6, 6.07) is 13.5. The van der Waals surface area contributed by atoms with E-state index in [0.29, 0.717) is 18.8 Å². The lowest BCUT2D eigenvalue weighted by molar-refractivity contribution is -0.123. The van der Waals surface area contributed by atoms with E-state index in [1.807, 2.05) is 18.2 Å². The van der Waals surface area contributed by atoms with Crippen LogP contribution in [0.15, 0.2) is 54.1 Å². The molecule has 0 unspecified atom stereocenters. The molecule has 0 saturated heterocycles. The molecule has 0 fully saturated rings. The lowest BCUT2D eigenvalue weighted by Gasteiger charge is -2.09. The van der Waals surface area contributed by atoms with Crippen LogP contribution in [0.1, 0.15) is 36.0 Å². The molecule has 3 rings (SSSR count). The number of aromatic hydroxyl groups is 1. The number of fused-ring (bicyclic) bond motifs is 1. The molecule has 0 bridgehead atoms. The second-order valence-corrected chi connectivity index (χ2v) is 7.14. The third-order valence-corrected chi connectivity index (χ3v) is 4.83. The molecule has 5 nitrogen and oxygen atoms in total. The van der Waals surface area contributed by atoms with E-state index in [-0.39, 0.29) is 18.3 Å². The summed E-state index contributed by atoms with van der Waals surface area (Å²) in [6.07, 6.45) is 10.0. The molecule has 4 N–H and O–H groups in total. The molecular formula is C24H28N2O3. The van der Waals surface area contributed by atoms with Gasteiger partial charge in [-0.25, -0.2) is 0 Å². The van der Waals surface area contributed by atoms with Crippen LogP contribution in [0.25, 0.3) is 12.2 Å². The molecule has 29 heavy (non-hydrogen) atoms. The first kappa shape index (κ1) is 20.7. The number of benzene rings is 2. The quantitative estimate of drug-likeness (QED) is 0.539. The molecular weight excluding hydrogens is 364 g/mol. The predicted octanol–water partition coefficient (Wildman–Crippen LogP) is 3.67. The van der Waals surface area contributed by atoms with Crippen molar-refractivity contribution in [3.63, 3.8) is 0 Å². The number of carbonyl (C=O) groups excluding carboxylic acids is 1. The fourth-order valence-corrected chi connectivity index (χ4v) is 3.24. The van der Waals surface area contributed by atoms with E-state index in [4.69, 9.17) is 10.5 Å². The number of allylic oxidation sites excluding steroid dienone is 2. The maximum absolute atomic E-state index is 11.9. The first-order chi connectivity index (χ1) is 14.2. The van der Waals surface area contributed by atoms with Crippen molar-refractivity contribution in [2.24, 2.45) is 5.73 Å². The number of unbranched alkanes of at least 4 members (excludes halogenated alkanes) is 2. The van der Waals surface area contributed by atoms with E-state index >= 15 is 0 Å². The molecule has 0 atom stereocenters. The summed E-state index contributed by atoms with van der Waals surface area (Å²) in [7, 11) is 0. The number of rotatable bonds is 10. The number of phenols is 1. The summed E-state index contributed by atoms with van der Waals surface area (Å²) in [5.74, 6) is 0.117. The minimum absolute atomic E-state index is 0.0189. The normalized spacial score (nSPS) is 12.7. The Hall–Kier alpha value is -3.05. The minimum atomic E-state index is -0.202. The van der Waals surface area contributed by atoms with Gasteiger partial charge in [0.25, 0.3) is 5.91 Å². The number of phenolic OH excluding ortho intramolecular Hbond substituents is 1. The molecule has 152 valence electrons. The molecule has 0 aliphatic heterocycles. The summed E-state index contributed by atoms with van der Waals surface area (Å²) < 4.78 is 5.51. The van der Waals surface area contributed by atoms with E-state index in [0.717, 1.165) is 31.2 Å². The molecule has 1 amide bonds. The molecule has 0 spiro atoms. The summed E-state index contributed by atoms with van der Waals surface area (Å²) in [4.78, 5) is 11.9. The zero-order valence-corrected chi connectivity index (χ0v) is 16.6. The largest absolute Gasteiger partial charge is 0.504 e. The molecule has 1 aliphatic carbocycles. The Morgan fingerprint density at radius 3 is 2.83 bits per heavy atom. The van der Waals surface area contributed by atoms with E-state index in [1.54, 1.807) is 12.1 Å². The van der Waals surface area contributed by atoms with E-state index in [1.165, 1.54) is 16.7 Å². The Morgan fingerprint density at radius 2 is 2.00 bits per heavy atom. The Bertz CT molecular complexity index is 903. The number of hydrogen-bond acceptors (Lipinski definition) is 4. The maximum atomic E-state index is 11.9. The lowest BCUT2D eigenvalue weighted by atomic mass is 10.1. The van der Waals surface area contributed by atoms with Gasteiger partial charge >= 0.3 is 0 Å². The molecule has 0 aromatic heterocycles. The number of amides is 1. The Kier molecular flexibility index (Phi) is 7.47. The summed E-state index contributed by atoms with van der Waals surface area (Å²) in [6.45, 7) is 1.15. The SMILES string of the molecule is NCCCCCNC(=O)COc1cc(/C=C/C2=Cc3ccccc3C2)ccc1O. The highest BCUT2D eigenvalue weighted by Crippen LogP contribution is 2.29. The smallest absolute Gasteiger partial charge is 0.257 e. The highest BCUT2D eigenvalue weighted by atomic mass is 16.5. The first-order valence-corrected chi connectivity index (χ1v) is 10.0. The number of nitrogens with one attached hydrogen (secondary N) is 1. The van der Waals surface area contributed by atoms with Crippen molar-refractivity contribution in [1.82, 2.24) is 5.32 Å². The van der Waals surface area contributed by atoms with E-state index in [9.17, 15) is 9.90 Å². The standard InChI is InChI=1S/C24H28N2O3/c25-12-4-1-5-13-26-24(28)17-29-23-16-18(10-11-22(23)27)8-9-19-14-20-6-2-3-7-21(20)15-19/h2-3,6-11,14,16,27H,1,4-5,12-13,15,17,25H2,(H,26,28)/b9-8+. The summed E-state index contributed by atoms with van der Waals surface area (Å²) in [5, 5.41) is 12.8. The topological polar surface area (TPSA) is 84.6 Å².